The molecule has 0 spiro atoms. The van der Waals surface area contributed by atoms with Gasteiger partial charge in [-0.15, -0.1) is 0 Å². The first-order valence-corrected chi connectivity index (χ1v) is 14.1. The number of benzene rings is 3. The van der Waals surface area contributed by atoms with Crippen LogP contribution in [0.1, 0.15) is 48.1 Å². The fourth-order valence-electron chi connectivity index (χ4n) is 4.42. The van der Waals surface area contributed by atoms with Crippen molar-refractivity contribution in [1.29, 1.82) is 0 Å². The Kier molecular flexibility index (Phi) is 9.14. The van der Waals surface area contributed by atoms with Crippen LogP contribution in [0.4, 0.5) is 4.79 Å². The van der Waals surface area contributed by atoms with Crippen LogP contribution in [0.3, 0.4) is 0 Å². The molecule has 1 N–H and O–H groups in total. The lowest BCUT2D eigenvalue weighted by molar-refractivity contribution is 0.0417. The summed E-state index contributed by atoms with van der Waals surface area (Å²) in [5, 5.41) is 2.75. The number of rotatable bonds is 10. The Balaban J connectivity index is 1.23. The van der Waals surface area contributed by atoms with Crippen molar-refractivity contribution in [2.24, 2.45) is 0 Å². The molecule has 1 aliphatic heterocycles. The van der Waals surface area contributed by atoms with E-state index in [-0.39, 0.29) is 31.5 Å². The zero-order chi connectivity index (χ0) is 30.2. The third kappa shape index (κ3) is 8.51. The largest absolute Gasteiger partial charge is 0.489 e. The molecule has 3 aromatic carbocycles. The molecule has 0 radical (unpaired) electrons. The number of alkyl carbamates (subject to hydrolysis) is 1. The summed E-state index contributed by atoms with van der Waals surface area (Å²) in [6, 6.07) is 23.0. The van der Waals surface area contributed by atoms with Crippen molar-refractivity contribution in [2.45, 2.75) is 52.2 Å². The lowest BCUT2D eigenvalue weighted by Crippen LogP contribution is -2.43. The fraction of sp³-hybridized carbons (Fsp3) is 0.303. The van der Waals surface area contributed by atoms with Gasteiger partial charge in [0.2, 0.25) is 0 Å². The highest BCUT2D eigenvalue weighted by molar-refractivity contribution is 5.89. The zero-order valence-corrected chi connectivity index (χ0v) is 24.4. The average Bonchev–Trinajstić information content (AvgIpc) is 3.54. The fourth-order valence-corrected chi connectivity index (χ4v) is 4.42. The summed E-state index contributed by atoms with van der Waals surface area (Å²) in [5.74, 6) is 1.44. The van der Waals surface area contributed by atoms with Crippen LogP contribution in [0.5, 0.6) is 17.2 Å². The topological polar surface area (TPSA) is 112 Å². The minimum Gasteiger partial charge on any atom is -0.489 e. The van der Waals surface area contributed by atoms with E-state index < -0.39 is 17.8 Å². The van der Waals surface area contributed by atoms with E-state index in [9.17, 15) is 9.59 Å². The van der Waals surface area contributed by atoms with Gasteiger partial charge in [0.25, 0.3) is 5.89 Å². The maximum absolute atomic E-state index is 13.4. The first kappa shape index (κ1) is 29.5. The number of hydrogen-bond acceptors (Lipinski definition) is 8. The lowest BCUT2D eigenvalue weighted by atomic mass is 10.1. The Hall–Kier alpha value is -4.99. The second-order valence-corrected chi connectivity index (χ2v) is 11.1. The van der Waals surface area contributed by atoms with Crippen molar-refractivity contribution in [1.82, 2.24) is 15.2 Å². The predicted molar refractivity (Wildman–Crippen MR) is 158 cm³/mol. The molecule has 0 fully saturated rings. The molecule has 1 aromatic heterocycles. The molecule has 224 valence electrons. The second kappa shape index (κ2) is 13.3. The van der Waals surface area contributed by atoms with Crippen molar-refractivity contribution >= 4 is 12.0 Å². The van der Waals surface area contributed by atoms with E-state index in [1.165, 1.54) is 12.5 Å². The van der Waals surface area contributed by atoms with Gasteiger partial charge in [0.05, 0.1) is 12.7 Å². The number of nitrogens with zero attached hydrogens (tertiary/aromatic N) is 2. The number of amides is 2. The summed E-state index contributed by atoms with van der Waals surface area (Å²) in [4.78, 5) is 31.0. The van der Waals surface area contributed by atoms with E-state index >= 15 is 0 Å². The maximum atomic E-state index is 13.4. The molecular formula is C33H35N3O7. The molecule has 0 unspecified atom stereocenters. The molecule has 2 amide bonds. The molecule has 43 heavy (non-hydrogen) atoms. The second-order valence-electron chi connectivity index (χ2n) is 11.1. The molecule has 4 aromatic rings. The van der Waals surface area contributed by atoms with Gasteiger partial charge in [-0.1, -0.05) is 54.6 Å². The van der Waals surface area contributed by atoms with Crippen molar-refractivity contribution < 1.29 is 33.0 Å². The Labute approximate surface area is 250 Å². The number of carbonyl (C=O) groups is 2. The average molecular weight is 586 g/mol. The molecule has 0 saturated carbocycles. The van der Waals surface area contributed by atoms with Gasteiger partial charge in [0.1, 0.15) is 30.8 Å². The molecule has 10 heteroatoms. The van der Waals surface area contributed by atoms with Gasteiger partial charge in [0, 0.05) is 19.2 Å². The van der Waals surface area contributed by atoms with Crippen LogP contribution in [-0.2, 0) is 24.4 Å². The van der Waals surface area contributed by atoms with E-state index in [1.807, 2.05) is 87.5 Å². The van der Waals surface area contributed by atoms with Crippen LogP contribution in [-0.4, -0.2) is 46.7 Å². The van der Waals surface area contributed by atoms with Crippen LogP contribution in [0.15, 0.2) is 89.7 Å². The lowest BCUT2D eigenvalue weighted by Gasteiger charge is -2.31. The highest BCUT2D eigenvalue weighted by Crippen LogP contribution is 2.35. The Morgan fingerprint density at radius 2 is 1.74 bits per heavy atom. The van der Waals surface area contributed by atoms with Gasteiger partial charge >= 0.3 is 12.0 Å². The quantitative estimate of drug-likeness (QED) is 0.250. The molecule has 5 rings (SSSR count). The van der Waals surface area contributed by atoms with Crippen LogP contribution in [0.25, 0.3) is 0 Å². The van der Waals surface area contributed by atoms with Crippen molar-refractivity contribution in [2.75, 3.05) is 13.2 Å². The summed E-state index contributed by atoms with van der Waals surface area (Å²) >= 11 is 0. The monoisotopic (exact) mass is 585 g/mol. The third-order valence-electron chi connectivity index (χ3n) is 6.44. The van der Waals surface area contributed by atoms with Gasteiger partial charge in [-0.25, -0.2) is 9.78 Å². The Morgan fingerprint density at radius 3 is 2.47 bits per heavy atom. The van der Waals surface area contributed by atoms with Gasteiger partial charge < -0.3 is 33.6 Å². The molecule has 1 aliphatic rings. The van der Waals surface area contributed by atoms with Crippen molar-refractivity contribution in [3.05, 3.63) is 108 Å². The summed E-state index contributed by atoms with van der Waals surface area (Å²) < 4.78 is 28.8. The number of fused-ring (bicyclic) bond motifs is 1. The number of ether oxygens (including phenoxy) is 4. The summed E-state index contributed by atoms with van der Waals surface area (Å²) in [6.45, 7) is 6.97. The number of nitrogens with one attached hydrogen (secondary N) is 1. The molecule has 0 saturated heterocycles. The van der Waals surface area contributed by atoms with E-state index in [2.05, 4.69) is 10.3 Å². The number of oxazole rings is 1. The van der Waals surface area contributed by atoms with E-state index in [1.54, 1.807) is 11.0 Å². The molecule has 2 heterocycles. The standard InChI is InChI=1S/C33H35N3O7/c1-33(2,3)43-32(38)35-18-23-9-11-24(12-10-23)19-36(31(37)30-34-15-16-39-30)20-27-22-41-28-14-13-26(17-29(28)42-27)40-21-25-7-5-4-6-8-25/h4-17,27H,18-22H2,1-3H3,(H,35,38)/t27-/m1/s1. The summed E-state index contributed by atoms with van der Waals surface area (Å²) in [7, 11) is 0. The van der Waals surface area contributed by atoms with E-state index in [4.69, 9.17) is 23.4 Å². The summed E-state index contributed by atoms with van der Waals surface area (Å²) in [6.07, 6.45) is 1.88. The highest BCUT2D eigenvalue weighted by atomic mass is 16.6. The summed E-state index contributed by atoms with van der Waals surface area (Å²) in [5.41, 5.74) is 2.27. The minimum atomic E-state index is -0.569. The maximum Gasteiger partial charge on any atom is 0.407 e. The number of carbonyl (C=O) groups excluding carboxylic acids is 2. The van der Waals surface area contributed by atoms with Gasteiger partial charge in [-0.05, 0) is 49.6 Å². The van der Waals surface area contributed by atoms with E-state index in [0.717, 1.165) is 16.7 Å². The van der Waals surface area contributed by atoms with E-state index in [0.29, 0.717) is 30.4 Å². The van der Waals surface area contributed by atoms with Crippen LogP contribution in [0.2, 0.25) is 0 Å². The first-order valence-electron chi connectivity index (χ1n) is 14.1. The highest BCUT2D eigenvalue weighted by Gasteiger charge is 2.28. The predicted octanol–water partition coefficient (Wildman–Crippen LogP) is 5.76. The SMILES string of the molecule is CC(C)(C)OC(=O)NCc1ccc(CN(C[C@@H]2COc3ccc(OCc4ccccc4)cc3O2)C(=O)c2ncco2)cc1. The van der Waals surface area contributed by atoms with Crippen molar-refractivity contribution in [3.8, 4) is 17.2 Å². The Bertz CT molecular complexity index is 1500. The van der Waals surface area contributed by atoms with Gasteiger partial charge in [0.15, 0.2) is 17.6 Å². The minimum absolute atomic E-state index is 0.00749. The van der Waals surface area contributed by atoms with Crippen molar-refractivity contribution in [3.63, 3.8) is 0 Å². The number of hydrogen-bond donors (Lipinski definition) is 1. The van der Waals surface area contributed by atoms with Crippen LogP contribution >= 0.6 is 0 Å². The molecule has 1 atom stereocenters. The smallest absolute Gasteiger partial charge is 0.407 e. The number of aromatic nitrogens is 1. The molecular weight excluding hydrogens is 550 g/mol. The van der Waals surface area contributed by atoms with Gasteiger partial charge in [-0.2, -0.15) is 0 Å². The molecule has 0 bridgehead atoms. The molecule has 0 aliphatic carbocycles. The Morgan fingerprint density at radius 1 is 0.977 bits per heavy atom. The van der Waals surface area contributed by atoms with Gasteiger partial charge in [-0.3, -0.25) is 4.79 Å². The van der Waals surface area contributed by atoms with Crippen LogP contribution < -0.4 is 19.5 Å². The third-order valence-corrected chi connectivity index (χ3v) is 6.44. The molecule has 10 nitrogen and oxygen atoms in total. The van der Waals surface area contributed by atoms with Crippen LogP contribution in [0, 0.1) is 0 Å². The normalized spacial score (nSPS) is 14.1. The zero-order valence-electron chi connectivity index (χ0n) is 24.4. The first-order chi connectivity index (χ1) is 20.7.